The van der Waals surface area contributed by atoms with Crippen LogP contribution in [0, 0.1) is 5.92 Å². The number of nitrogens with one attached hydrogen (secondary N) is 1. The Morgan fingerprint density at radius 1 is 1.21 bits per heavy atom. The lowest BCUT2D eigenvalue weighted by atomic mass is 10.0. The predicted octanol–water partition coefficient (Wildman–Crippen LogP) is 0.844. The van der Waals surface area contributed by atoms with Crippen LogP contribution in [0.3, 0.4) is 0 Å². The topological polar surface area (TPSA) is 35.6 Å². The molecule has 4 heteroatoms. The lowest BCUT2D eigenvalue weighted by Crippen LogP contribution is -2.48. The minimum Gasteiger partial charge on any atom is -0.334 e. The zero-order valence-corrected chi connectivity index (χ0v) is 10.2. The smallest absolute Gasteiger partial charge is 0.317 e. The van der Waals surface area contributed by atoms with E-state index in [0.717, 1.165) is 6.54 Å². The van der Waals surface area contributed by atoms with E-state index in [4.69, 9.17) is 0 Å². The molecule has 0 spiro atoms. The first-order valence-corrected chi connectivity index (χ1v) is 4.97. The Bertz CT molecular complexity index is 178. The van der Waals surface area contributed by atoms with E-state index in [2.05, 4.69) is 24.1 Å². The van der Waals surface area contributed by atoms with Crippen LogP contribution in [-0.4, -0.2) is 56.6 Å². The maximum Gasteiger partial charge on any atom is 0.317 e. The van der Waals surface area contributed by atoms with E-state index in [1.165, 1.54) is 0 Å². The number of rotatable bonds is 4. The van der Waals surface area contributed by atoms with Crippen molar-refractivity contribution in [3.8, 4) is 0 Å². The lowest BCUT2D eigenvalue weighted by Gasteiger charge is -2.27. The Kier molecular flexibility index (Phi) is 5.53. The molecule has 84 valence electrons. The van der Waals surface area contributed by atoms with Crippen LogP contribution in [0.25, 0.3) is 0 Å². The van der Waals surface area contributed by atoms with Crippen molar-refractivity contribution in [3.05, 3.63) is 0 Å². The van der Waals surface area contributed by atoms with Crippen molar-refractivity contribution in [2.45, 2.75) is 19.9 Å². The molecule has 1 unspecified atom stereocenters. The molecule has 0 saturated carbocycles. The summed E-state index contributed by atoms with van der Waals surface area (Å²) < 4.78 is 0. The van der Waals surface area contributed by atoms with Crippen LogP contribution in [0.2, 0.25) is 0 Å². The average Bonchev–Trinajstić information content (AvgIpc) is 2.01. The first kappa shape index (κ1) is 13.2. The molecule has 14 heavy (non-hydrogen) atoms. The summed E-state index contributed by atoms with van der Waals surface area (Å²) in [6.07, 6.45) is 0. The number of carbonyl (C=O) groups excluding carboxylic acids is 1. The molecule has 0 rings (SSSR count). The molecule has 1 atom stereocenters. The summed E-state index contributed by atoms with van der Waals surface area (Å²) in [5.74, 6) is 0.446. The summed E-state index contributed by atoms with van der Waals surface area (Å²) in [5, 5.41) is 2.99. The van der Waals surface area contributed by atoms with Gasteiger partial charge in [-0.1, -0.05) is 13.8 Å². The molecule has 0 aliphatic carbocycles. The quantitative estimate of drug-likeness (QED) is 0.731. The second-order valence-electron chi connectivity index (χ2n) is 4.46. The summed E-state index contributed by atoms with van der Waals surface area (Å²) in [4.78, 5) is 15.1. The number of amides is 2. The molecular formula is C10H23N3O. The van der Waals surface area contributed by atoms with Gasteiger partial charge in [0.15, 0.2) is 0 Å². The van der Waals surface area contributed by atoms with Gasteiger partial charge >= 0.3 is 6.03 Å². The van der Waals surface area contributed by atoms with Crippen LogP contribution in [0.5, 0.6) is 0 Å². The van der Waals surface area contributed by atoms with Gasteiger partial charge in [0.25, 0.3) is 0 Å². The Hall–Kier alpha value is -0.770. The van der Waals surface area contributed by atoms with Gasteiger partial charge in [0.2, 0.25) is 0 Å². The van der Waals surface area contributed by atoms with Crippen molar-refractivity contribution < 1.29 is 4.79 Å². The molecule has 0 aliphatic rings. The third kappa shape index (κ3) is 5.07. The summed E-state index contributed by atoms with van der Waals surface area (Å²) in [6, 6.07) is 0.186. The summed E-state index contributed by atoms with van der Waals surface area (Å²) in [6.45, 7) is 5.10. The number of nitrogens with zero attached hydrogens (tertiary/aromatic N) is 2. The van der Waals surface area contributed by atoms with Crippen molar-refractivity contribution in [3.63, 3.8) is 0 Å². The van der Waals surface area contributed by atoms with E-state index >= 15 is 0 Å². The third-order valence-corrected chi connectivity index (χ3v) is 2.08. The van der Waals surface area contributed by atoms with Crippen molar-refractivity contribution in [1.82, 2.24) is 15.1 Å². The maximum atomic E-state index is 11.4. The molecule has 1 N–H and O–H groups in total. The molecule has 0 aromatic carbocycles. The zero-order chi connectivity index (χ0) is 11.3. The summed E-state index contributed by atoms with van der Waals surface area (Å²) in [5.41, 5.74) is 0. The van der Waals surface area contributed by atoms with E-state index in [0.29, 0.717) is 5.92 Å². The second kappa shape index (κ2) is 5.86. The van der Waals surface area contributed by atoms with Crippen molar-refractivity contribution in [1.29, 1.82) is 0 Å². The van der Waals surface area contributed by atoms with Gasteiger partial charge in [0.1, 0.15) is 0 Å². The highest BCUT2D eigenvalue weighted by atomic mass is 16.2. The monoisotopic (exact) mass is 201 g/mol. The van der Waals surface area contributed by atoms with Crippen molar-refractivity contribution in [2.24, 2.45) is 5.92 Å². The predicted molar refractivity (Wildman–Crippen MR) is 59.4 cm³/mol. The Balaban J connectivity index is 4.16. The van der Waals surface area contributed by atoms with Crippen LogP contribution in [-0.2, 0) is 0 Å². The molecule has 0 radical (unpaired) electrons. The molecule has 2 amide bonds. The van der Waals surface area contributed by atoms with Crippen LogP contribution in [0.4, 0.5) is 4.79 Å². The zero-order valence-electron chi connectivity index (χ0n) is 10.2. The number of carbonyl (C=O) groups is 1. The molecule has 0 aromatic heterocycles. The number of hydrogen-bond donors (Lipinski definition) is 1. The van der Waals surface area contributed by atoms with Gasteiger partial charge in [-0.3, -0.25) is 0 Å². The number of hydrogen-bond acceptors (Lipinski definition) is 2. The highest BCUT2D eigenvalue weighted by molar-refractivity contribution is 5.73. The van der Waals surface area contributed by atoms with E-state index in [1.807, 2.05) is 14.1 Å². The summed E-state index contributed by atoms with van der Waals surface area (Å²) >= 11 is 0. The molecule has 4 nitrogen and oxygen atoms in total. The van der Waals surface area contributed by atoms with Crippen LogP contribution < -0.4 is 5.32 Å². The number of likely N-dealkylation sites (N-methyl/N-ethyl adjacent to an activating group) is 1. The van der Waals surface area contributed by atoms with Crippen molar-refractivity contribution >= 4 is 6.03 Å². The molecule has 0 fully saturated rings. The Morgan fingerprint density at radius 3 is 2.00 bits per heavy atom. The van der Waals surface area contributed by atoms with Crippen molar-refractivity contribution in [2.75, 3.05) is 34.7 Å². The second-order valence-corrected chi connectivity index (χ2v) is 4.46. The van der Waals surface area contributed by atoms with Gasteiger partial charge in [-0.15, -0.1) is 0 Å². The van der Waals surface area contributed by atoms with E-state index < -0.39 is 0 Å². The van der Waals surface area contributed by atoms with Gasteiger partial charge in [0.05, 0.1) is 0 Å². The van der Waals surface area contributed by atoms with Crippen LogP contribution in [0.15, 0.2) is 0 Å². The fourth-order valence-electron chi connectivity index (χ4n) is 1.10. The third-order valence-electron chi connectivity index (χ3n) is 2.08. The van der Waals surface area contributed by atoms with Gasteiger partial charge in [0, 0.05) is 26.7 Å². The summed E-state index contributed by atoms with van der Waals surface area (Å²) in [7, 11) is 7.53. The Labute approximate surface area is 87.3 Å². The first-order valence-electron chi connectivity index (χ1n) is 4.97. The minimum atomic E-state index is -0.0226. The molecule has 0 aromatic rings. The van der Waals surface area contributed by atoms with Crippen LogP contribution in [0.1, 0.15) is 13.8 Å². The molecule has 0 saturated heterocycles. The molecule has 0 bridgehead atoms. The van der Waals surface area contributed by atoms with Gasteiger partial charge < -0.3 is 15.1 Å². The SMILES string of the molecule is CC(C)C(CN(C)C)NC(=O)N(C)C. The van der Waals surface area contributed by atoms with Gasteiger partial charge in [-0.2, -0.15) is 0 Å². The fourth-order valence-corrected chi connectivity index (χ4v) is 1.10. The standard InChI is InChI=1S/C10H23N3O/c1-8(2)9(7-12(3)4)11-10(14)13(5)6/h8-9H,7H2,1-6H3,(H,11,14). The molecule has 0 heterocycles. The molecular weight excluding hydrogens is 178 g/mol. The normalized spacial score (nSPS) is 13.1. The van der Waals surface area contributed by atoms with Gasteiger partial charge in [-0.05, 0) is 20.0 Å². The fraction of sp³-hybridized carbons (Fsp3) is 0.900. The number of urea groups is 1. The highest BCUT2D eigenvalue weighted by Crippen LogP contribution is 2.02. The minimum absolute atomic E-state index is 0.0226. The first-order chi connectivity index (χ1) is 6.34. The van der Waals surface area contributed by atoms with Crippen LogP contribution >= 0.6 is 0 Å². The van der Waals surface area contributed by atoms with E-state index in [-0.39, 0.29) is 12.1 Å². The highest BCUT2D eigenvalue weighted by Gasteiger charge is 2.17. The largest absolute Gasteiger partial charge is 0.334 e. The van der Waals surface area contributed by atoms with Gasteiger partial charge in [-0.25, -0.2) is 4.79 Å². The maximum absolute atomic E-state index is 11.4. The average molecular weight is 201 g/mol. The molecule has 0 aliphatic heterocycles. The van der Waals surface area contributed by atoms with E-state index in [1.54, 1.807) is 19.0 Å². The van der Waals surface area contributed by atoms with E-state index in [9.17, 15) is 4.79 Å². The lowest BCUT2D eigenvalue weighted by molar-refractivity contribution is 0.202. The Morgan fingerprint density at radius 2 is 1.71 bits per heavy atom.